The number of carbonyl (C=O) groups is 7. The van der Waals surface area contributed by atoms with E-state index in [9.17, 15) is 33.6 Å². The largest absolute Gasteiger partial charge is 0.463 e. The molecule has 0 aromatic heterocycles. The van der Waals surface area contributed by atoms with Crippen LogP contribution in [-0.4, -0.2) is 104 Å². The molecular formula is C62H111NO15. The van der Waals surface area contributed by atoms with Crippen LogP contribution in [0, 0.1) is 0 Å². The highest BCUT2D eigenvalue weighted by Crippen LogP contribution is 2.31. The van der Waals surface area contributed by atoms with Crippen molar-refractivity contribution in [2.45, 2.75) is 342 Å². The summed E-state index contributed by atoms with van der Waals surface area (Å²) in [7, 11) is 0. The molecule has 0 saturated carbocycles. The molecule has 16 heteroatoms. The molecule has 1 saturated heterocycles. The quantitative estimate of drug-likeness (QED) is 0.0342. The SMILES string of the molecule is CCCCCCCCCCCCCCCCCCCCCCCCCC(=O)N[C@@H](CO[C@H]1O[C@H](COC(C)=O)[C@H](OC(C)=O)[C@H](OC(C)=O)[C@H]1OC(C)=O)[C@H](OC(C)=O)[C@@H](CCCCCCCCCCCCCC)OC(C)=O. The van der Waals surface area contributed by atoms with Gasteiger partial charge < -0.3 is 43.2 Å². The van der Waals surface area contributed by atoms with Gasteiger partial charge in [-0.1, -0.05) is 226 Å². The number of nitrogens with one attached hydrogen (secondary N) is 1. The molecule has 0 aromatic carbocycles. The summed E-state index contributed by atoms with van der Waals surface area (Å²) in [5, 5.41) is 2.99. The van der Waals surface area contributed by atoms with E-state index in [-0.39, 0.29) is 12.3 Å². The van der Waals surface area contributed by atoms with Gasteiger partial charge in [0.05, 0.1) is 12.6 Å². The lowest BCUT2D eigenvalue weighted by Crippen LogP contribution is -2.63. The molecule has 1 fully saturated rings. The van der Waals surface area contributed by atoms with E-state index in [4.69, 9.17) is 37.9 Å². The molecule has 454 valence electrons. The Morgan fingerprint density at radius 2 is 0.769 bits per heavy atom. The zero-order valence-electron chi connectivity index (χ0n) is 50.3. The van der Waals surface area contributed by atoms with Gasteiger partial charge in [0, 0.05) is 48.0 Å². The van der Waals surface area contributed by atoms with Crippen molar-refractivity contribution >= 4 is 41.7 Å². The highest BCUT2D eigenvalue weighted by atomic mass is 16.7. The van der Waals surface area contributed by atoms with Crippen molar-refractivity contribution in [2.24, 2.45) is 0 Å². The molecule has 1 rings (SSSR count). The van der Waals surface area contributed by atoms with Crippen LogP contribution < -0.4 is 5.32 Å². The molecule has 0 aliphatic carbocycles. The predicted molar refractivity (Wildman–Crippen MR) is 303 cm³/mol. The fourth-order valence-electron chi connectivity index (χ4n) is 10.4. The van der Waals surface area contributed by atoms with E-state index in [0.29, 0.717) is 19.3 Å². The second kappa shape index (κ2) is 48.0. The highest BCUT2D eigenvalue weighted by molar-refractivity contribution is 5.76. The third kappa shape index (κ3) is 38.7. The molecule has 1 aliphatic heterocycles. The normalized spacial score (nSPS) is 18.3. The minimum atomic E-state index is -1.57. The summed E-state index contributed by atoms with van der Waals surface area (Å²) in [6, 6.07) is -1.14. The summed E-state index contributed by atoms with van der Waals surface area (Å²) in [5.41, 5.74) is 0. The van der Waals surface area contributed by atoms with Gasteiger partial charge in [0.1, 0.15) is 18.8 Å². The summed E-state index contributed by atoms with van der Waals surface area (Å²) in [4.78, 5) is 88.9. The van der Waals surface area contributed by atoms with Crippen LogP contribution >= 0.6 is 0 Å². The first-order chi connectivity index (χ1) is 37.6. The third-order valence-electron chi connectivity index (χ3n) is 14.5. The molecule has 1 aliphatic rings. The Morgan fingerprint density at radius 1 is 0.410 bits per heavy atom. The van der Waals surface area contributed by atoms with Gasteiger partial charge in [0.25, 0.3) is 0 Å². The Kier molecular flexibility index (Phi) is 44.4. The number of amides is 1. The summed E-state index contributed by atoms with van der Waals surface area (Å²) < 4.78 is 46.3. The van der Waals surface area contributed by atoms with E-state index < -0.39 is 98.0 Å². The minimum Gasteiger partial charge on any atom is -0.463 e. The van der Waals surface area contributed by atoms with Gasteiger partial charge in [-0.2, -0.15) is 0 Å². The van der Waals surface area contributed by atoms with Crippen LogP contribution in [0.2, 0.25) is 0 Å². The van der Waals surface area contributed by atoms with Crippen molar-refractivity contribution < 1.29 is 71.5 Å². The van der Waals surface area contributed by atoms with E-state index in [1.807, 2.05) is 0 Å². The molecule has 16 nitrogen and oxygen atoms in total. The van der Waals surface area contributed by atoms with Crippen molar-refractivity contribution in [3.63, 3.8) is 0 Å². The standard InChI is InChI=1S/C62H111NO15/c1-9-11-13-15-17-19-21-23-24-25-26-27-28-29-30-31-32-33-35-37-39-41-43-45-57(70)63-54(58(74-50(5)66)55(73-49(4)65)44-42-40-38-36-34-22-20-18-16-14-12-10-2)46-72-62-61(77-53(8)69)60(76-52(7)68)59(75-51(6)67)56(78-62)47-71-48(3)64/h54-56,58-62H,9-47H2,1-8H3,(H,63,70)/t54-,55+,56+,58-,59-,60-,61+,62-/m0/s1. The highest BCUT2D eigenvalue weighted by Gasteiger charge is 2.53. The number of unbranched alkanes of at least 4 members (excludes halogenated alkanes) is 33. The summed E-state index contributed by atoms with van der Waals surface area (Å²) in [6.45, 7) is 10.6. The third-order valence-corrected chi connectivity index (χ3v) is 14.5. The van der Waals surface area contributed by atoms with Crippen LogP contribution in [0.3, 0.4) is 0 Å². The lowest BCUT2D eigenvalue weighted by atomic mass is 9.97. The molecule has 0 aromatic rings. The van der Waals surface area contributed by atoms with E-state index in [1.165, 1.54) is 181 Å². The molecule has 1 amide bonds. The Morgan fingerprint density at radius 3 is 1.14 bits per heavy atom. The number of ether oxygens (including phenoxy) is 8. The molecule has 1 N–H and O–H groups in total. The first kappa shape index (κ1) is 72.2. The van der Waals surface area contributed by atoms with Gasteiger partial charge >= 0.3 is 35.8 Å². The van der Waals surface area contributed by atoms with Gasteiger partial charge in [0.2, 0.25) is 5.91 Å². The molecular weight excluding hydrogens is 999 g/mol. The number of carbonyl (C=O) groups excluding carboxylic acids is 7. The topological polar surface area (TPSA) is 205 Å². The maximum absolute atomic E-state index is 13.9. The predicted octanol–water partition coefficient (Wildman–Crippen LogP) is 13.9. The van der Waals surface area contributed by atoms with Crippen molar-refractivity contribution in [1.82, 2.24) is 5.32 Å². The van der Waals surface area contributed by atoms with Crippen molar-refractivity contribution in [2.75, 3.05) is 13.2 Å². The zero-order valence-corrected chi connectivity index (χ0v) is 50.3. The molecule has 8 atom stereocenters. The summed E-state index contributed by atoms with van der Waals surface area (Å²) in [6.07, 6.45) is 33.5. The van der Waals surface area contributed by atoms with Gasteiger partial charge in [-0.25, -0.2) is 0 Å². The lowest BCUT2D eigenvalue weighted by Gasteiger charge is -2.44. The fraction of sp³-hybridized carbons (Fsp3) is 0.887. The maximum atomic E-state index is 13.9. The van der Waals surface area contributed by atoms with Gasteiger partial charge in [0.15, 0.2) is 30.7 Å². The Balaban J connectivity index is 3.02. The van der Waals surface area contributed by atoms with Crippen LogP contribution in [0.4, 0.5) is 0 Å². The van der Waals surface area contributed by atoms with E-state index in [2.05, 4.69) is 19.2 Å². The lowest BCUT2D eigenvalue weighted by molar-refractivity contribution is -0.310. The Bertz CT molecular complexity index is 1590. The van der Waals surface area contributed by atoms with Crippen LogP contribution in [-0.2, 0) is 71.5 Å². The minimum absolute atomic E-state index is 0.165. The number of rotatable bonds is 50. The second-order valence-corrected chi connectivity index (χ2v) is 22.0. The van der Waals surface area contributed by atoms with E-state index >= 15 is 0 Å². The average Bonchev–Trinajstić information content (AvgIpc) is 3.37. The maximum Gasteiger partial charge on any atom is 0.303 e. The van der Waals surface area contributed by atoms with E-state index in [1.54, 1.807) is 0 Å². The Labute approximate surface area is 472 Å². The summed E-state index contributed by atoms with van der Waals surface area (Å²) >= 11 is 0. The number of esters is 6. The average molecular weight is 1110 g/mol. The molecule has 0 unspecified atom stereocenters. The van der Waals surface area contributed by atoms with Crippen molar-refractivity contribution in [1.29, 1.82) is 0 Å². The fourth-order valence-corrected chi connectivity index (χ4v) is 10.4. The first-order valence-corrected chi connectivity index (χ1v) is 31.1. The first-order valence-electron chi connectivity index (χ1n) is 31.1. The van der Waals surface area contributed by atoms with Gasteiger partial charge in [-0.15, -0.1) is 0 Å². The number of hydrogen-bond donors (Lipinski definition) is 1. The van der Waals surface area contributed by atoms with E-state index in [0.717, 1.165) is 72.1 Å². The van der Waals surface area contributed by atoms with Crippen LogP contribution in [0.15, 0.2) is 0 Å². The van der Waals surface area contributed by atoms with Crippen LogP contribution in [0.1, 0.15) is 293 Å². The smallest absolute Gasteiger partial charge is 0.303 e. The van der Waals surface area contributed by atoms with Crippen LogP contribution in [0.5, 0.6) is 0 Å². The molecule has 0 radical (unpaired) electrons. The molecule has 0 spiro atoms. The van der Waals surface area contributed by atoms with Crippen molar-refractivity contribution in [3.05, 3.63) is 0 Å². The van der Waals surface area contributed by atoms with Gasteiger partial charge in [-0.05, 0) is 19.3 Å². The zero-order chi connectivity index (χ0) is 57.6. The number of hydrogen-bond acceptors (Lipinski definition) is 15. The molecule has 0 bridgehead atoms. The molecule has 1 heterocycles. The monoisotopic (exact) mass is 1110 g/mol. The second-order valence-electron chi connectivity index (χ2n) is 22.0. The van der Waals surface area contributed by atoms with Crippen molar-refractivity contribution in [3.8, 4) is 0 Å². The molecule has 78 heavy (non-hydrogen) atoms. The van der Waals surface area contributed by atoms with Gasteiger partial charge in [-0.3, -0.25) is 33.6 Å². The Hall–Kier alpha value is -3.79. The summed E-state index contributed by atoms with van der Waals surface area (Å²) in [5.74, 6) is -4.73. The van der Waals surface area contributed by atoms with Crippen LogP contribution in [0.25, 0.3) is 0 Å².